The van der Waals surface area contributed by atoms with Crippen LogP contribution < -0.4 is 9.44 Å². The second-order valence-electron chi connectivity index (χ2n) is 14.9. The maximum Gasteiger partial charge on any atom is 0.261 e. The van der Waals surface area contributed by atoms with E-state index in [1.54, 1.807) is 48.5 Å². The first-order valence-electron chi connectivity index (χ1n) is 18.6. The van der Waals surface area contributed by atoms with Gasteiger partial charge in [-0.25, -0.2) is 16.8 Å². The summed E-state index contributed by atoms with van der Waals surface area (Å²) in [7, 11) is -8.56. The second-order valence-corrected chi connectivity index (χ2v) is 18.3. The predicted octanol–water partition coefficient (Wildman–Crippen LogP) is 8.75. The second kappa shape index (κ2) is 14.2. The average Bonchev–Trinajstić information content (AvgIpc) is 3.21. The van der Waals surface area contributed by atoms with Crippen LogP contribution in [0.25, 0.3) is 11.1 Å². The van der Waals surface area contributed by atoms with Gasteiger partial charge in [0.1, 0.15) is 0 Å². The lowest BCUT2D eigenvalue weighted by Gasteiger charge is -2.27. The van der Waals surface area contributed by atoms with E-state index >= 15 is 0 Å². The Hall–Kier alpha value is -6.50. The van der Waals surface area contributed by atoms with Gasteiger partial charge in [-0.05, 0) is 70.5 Å². The van der Waals surface area contributed by atoms with Crippen molar-refractivity contribution in [2.24, 2.45) is 0 Å². The zero-order valence-electron chi connectivity index (χ0n) is 31.8. The van der Waals surface area contributed by atoms with Gasteiger partial charge in [0.2, 0.25) is 0 Å². The van der Waals surface area contributed by atoms with Crippen LogP contribution in [0.5, 0.6) is 0 Å². The van der Waals surface area contributed by atoms with E-state index < -0.39 is 43.2 Å². The van der Waals surface area contributed by atoms with Gasteiger partial charge in [-0.1, -0.05) is 113 Å². The van der Waals surface area contributed by atoms with Crippen LogP contribution in [0.3, 0.4) is 0 Å². The van der Waals surface area contributed by atoms with Crippen LogP contribution in [-0.4, -0.2) is 40.0 Å². The molecule has 0 unspecified atom stereocenters. The Balaban J connectivity index is 1.33. The van der Waals surface area contributed by atoms with Crippen molar-refractivity contribution in [2.75, 3.05) is 9.44 Å². The summed E-state index contributed by atoms with van der Waals surface area (Å²) in [6, 6.07) is 30.5. The summed E-state index contributed by atoms with van der Waals surface area (Å²) in [5.74, 6) is -2.17. The number of carbonyl (C=O) groups is 4. The molecule has 10 nitrogen and oxygen atoms in total. The first-order chi connectivity index (χ1) is 27.6. The minimum Gasteiger partial charge on any atom is -0.289 e. The molecule has 6 aromatic rings. The third kappa shape index (κ3) is 6.34. The van der Waals surface area contributed by atoms with Gasteiger partial charge in [-0.15, -0.1) is 0 Å². The van der Waals surface area contributed by atoms with Gasteiger partial charge >= 0.3 is 0 Å². The zero-order chi connectivity index (χ0) is 41.3. The molecule has 0 spiro atoms. The summed E-state index contributed by atoms with van der Waals surface area (Å²) in [5.41, 5.74) is 1.11. The Morgan fingerprint density at radius 3 is 0.948 bits per heavy atom. The Morgan fingerprint density at radius 1 is 0.362 bits per heavy atom. The van der Waals surface area contributed by atoms with Crippen LogP contribution in [0.15, 0.2) is 131 Å². The fourth-order valence-electron chi connectivity index (χ4n) is 7.54. The molecule has 0 saturated carbocycles. The molecule has 6 aromatic carbocycles. The van der Waals surface area contributed by atoms with Crippen LogP contribution in [0.1, 0.15) is 114 Å². The van der Waals surface area contributed by atoms with E-state index in [-0.39, 0.29) is 88.6 Å². The fraction of sp³-hybridized carbons (Fsp3) is 0.130. The molecular weight excluding hydrogens is 773 g/mol. The number of hydrogen-bond acceptors (Lipinski definition) is 8. The van der Waals surface area contributed by atoms with Crippen LogP contribution >= 0.6 is 0 Å². The van der Waals surface area contributed by atoms with Crippen molar-refractivity contribution in [3.8, 4) is 11.1 Å². The van der Waals surface area contributed by atoms with Crippen LogP contribution in [0, 0.1) is 0 Å². The molecule has 0 aromatic heterocycles. The fourth-order valence-corrected chi connectivity index (χ4v) is 9.68. The van der Waals surface area contributed by atoms with Gasteiger partial charge in [-0.3, -0.25) is 28.6 Å². The molecule has 290 valence electrons. The standard InChI is InChI=1S/C46H36N2O8S2/c1-25(2)27-13-17-29(18-14-27)57(53,54)47-37-23-21-31(39-41(37)45(51)35-11-7-5-9-33(35)43(39)49)32-22-24-38(48-58(55,56)30-19-15-28(16-20-30)26(3)4)42-40(32)44(50)34-10-6-8-12-36(34)46(42)52/h5-26,47-48H,1-4H3. The third-order valence-corrected chi connectivity index (χ3v) is 13.4. The molecule has 2 aliphatic carbocycles. The average molecular weight is 809 g/mol. The van der Waals surface area contributed by atoms with E-state index in [1.807, 2.05) is 27.7 Å². The van der Waals surface area contributed by atoms with E-state index in [4.69, 9.17) is 0 Å². The number of fused-ring (bicyclic) bond motifs is 4. The smallest absolute Gasteiger partial charge is 0.261 e. The number of anilines is 2. The maximum absolute atomic E-state index is 14.6. The Labute approximate surface area is 336 Å². The lowest BCUT2D eigenvalue weighted by atomic mass is 9.76. The normalized spacial score (nSPS) is 13.6. The topological polar surface area (TPSA) is 161 Å². The van der Waals surface area contributed by atoms with Gasteiger partial charge in [0, 0.05) is 33.4 Å². The molecular formula is C46H36N2O8S2. The highest BCUT2D eigenvalue weighted by Crippen LogP contribution is 2.44. The summed E-state index contributed by atoms with van der Waals surface area (Å²) in [4.78, 5) is 57.8. The summed E-state index contributed by atoms with van der Waals surface area (Å²) >= 11 is 0. The monoisotopic (exact) mass is 808 g/mol. The van der Waals surface area contributed by atoms with E-state index in [9.17, 15) is 36.0 Å². The quantitative estimate of drug-likeness (QED) is 0.146. The molecule has 12 heteroatoms. The Kier molecular flexibility index (Phi) is 9.37. The van der Waals surface area contributed by atoms with Crippen molar-refractivity contribution in [3.05, 3.63) is 177 Å². The van der Waals surface area contributed by atoms with Crippen LogP contribution in [0.4, 0.5) is 11.4 Å². The van der Waals surface area contributed by atoms with Gasteiger partial charge in [0.05, 0.1) is 32.3 Å². The lowest BCUT2D eigenvalue weighted by molar-refractivity contribution is 0.0978. The summed E-state index contributed by atoms with van der Waals surface area (Å²) in [5, 5.41) is 0. The van der Waals surface area contributed by atoms with Gasteiger partial charge < -0.3 is 0 Å². The molecule has 0 atom stereocenters. The summed E-state index contributed by atoms with van der Waals surface area (Å²) in [6.45, 7) is 7.92. The number of ketones is 4. The molecule has 0 heterocycles. The van der Waals surface area contributed by atoms with E-state index in [2.05, 4.69) is 9.44 Å². The minimum absolute atomic E-state index is 0.0598. The van der Waals surface area contributed by atoms with Crippen molar-refractivity contribution in [2.45, 2.75) is 49.3 Å². The summed E-state index contributed by atoms with van der Waals surface area (Å²) < 4.78 is 60.2. The van der Waals surface area contributed by atoms with Crippen molar-refractivity contribution < 1.29 is 36.0 Å². The molecule has 2 N–H and O–H groups in total. The first kappa shape index (κ1) is 38.4. The molecule has 0 bridgehead atoms. The zero-order valence-corrected chi connectivity index (χ0v) is 33.4. The Bertz CT molecular complexity index is 2780. The molecule has 0 radical (unpaired) electrons. The first-order valence-corrected chi connectivity index (χ1v) is 21.5. The summed E-state index contributed by atoms with van der Waals surface area (Å²) in [6.07, 6.45) is 0. The Morgan fingerprint density at radius 2 is 0.655 bits per heavy atom. The number of nitrogens with one attached hydrogen (secondary N) is 2. The minimum atomic E-state index is -4.28. The number of rotatable bonds is 9. The van der Waals surface area contributed by atoms with Gasteiger partial charge in [0.25, 0.3) is 20.0 Å². The third-order valence-electron chi connectivity index (χ3n) is 10.6. The molecule has 58 heavy (non-hydrogen) atoms. The lowest BCUT2D eigenvalue weighted by Crippen LogP contribution is -2.27. The van der Waals surface area contributed by atoms with Crippen LogP contribution in [-0.2, 0) is 20.0 Å². The van der Waals surface area contributed by atoms with E-state index in [0.29, 0.717) is 0 Å². The SMILES string of the molecule is CC(C)c1ccc(S(=O)(=O)Nc2ccc(-c3ccc(NS(=O)(=O)c4ccc(C(C)C)cc4)c4c3C(=O)c3ccccc3C4=O)c3c2C(=O)c2ccccc2C3=O)cc1. The predicted molar refractivity (Wildman–Crippen MR) is 221 cm³/mol. The van der Waals surface area contributed by atoms with Gasteiger partial charge in [-0.2, -0.15) is 0 Å². The number of carbonyl (C=O) groups excluding carboxylic acids is 4. The van der Waals surface area contributed by atoms with Crippen molar-refractivity contribution in [1.82, 2.24) is 0 Å². The molecule has 8 rings (SSSR count). The van der Waals surface area contributed by atoms with Crippen molar-refractivity contribution >= 4 is 54.6 Å². The molecule has 2 aliphatic rings. The van der Waals surface area contributed by atoms with E-state index in [1.165, 1.54) is 72.8 Å². The van der Waals surface area contributed by atoms with Crippen LogP contribution in [0.2, 0.25) is 0 Å². The largest absolute Gasteiger partial charge is 0.289 e. The molecule has 0 aliphatic heterocycles. The van der Waals surface area contributed by atoms with Gasteiger partial charge in [0.15, 0.2) is 23.1 Å². The highest BCUT2D eigenvalue weighted by atomic mass is 32.2. The number of hydrogen-bond donors (Lipinski definition) is 2. The molecule has 0 fully saturated rings. The number of sulfonamides is 2. The highest BCUT2D eigenvalue weighted by Gasteiger charge is 2.39. The molecule has 0 saturated heterocycles. The highest BCUT2D eigenvalue weighted by molar-refractivity contribution is 7.93. The molecule has 0 amide bonds. The van der Waals surface area contributed by atoms with Crippen molar-refractivity contribution in [1.29, 1.82) is 0 Å². The van der Waals surface area contributed by atoms with E-state index in [0.717, 1.165) is 11.1 Å². The number of benzene rings is 6. The van der Waals surface area contributed by atoms with Crippen molar-refractivity contribution in [3.63, 3.8) is 0 Å². The maximum atomic E-state index is 14.6.